The Morgan fingerprint density at radius 3 is 2.29 bits per heavy atom. The van der Waals surface area contributed by atoms with Crippen LogP contribution in [0.4, 0.5) is 0 Å². The van der Waals surface area contributed by atoms with Crippen LogP contribution in [0.15, 0.2) is 24.3 Å². The lowest BCUT2D eigenvalue weighted by molar-refractivity contribution is 0.0107. The summed E-state index contributed by atoms with van der Waals surface area (Å²) in [4.78, 5) is 22.3. The third kappa shape index (κ3) is 6.35. The number of esters is 1. The lowest BCUT2D eigenvalue weighted by Gasteiger charge is -2.11. The van der Waals surface area contributed by atoms with E-state index in [1.165, 1.54) is 24.3 Å². The molecule has 0 aromatic heterocycles. The molecule has 0 radical (unpaired) electrons. The zero-order chi connectivity index (χ0) is 15.7. The predicted octanol–water partition coefficient (Wildman–Crippen LogP) is 0.301. The first-order chi connectivity index (χ1) is 10.0. The molecule has 7 nitrogen and oxygen atoms in total. The van der Waals surface area contributed by atoms with Crippen molar-refractivity contribution in [3.8, 4) is 0 Å². The number of hydrogen-bond acceptors (Lipinski definition) is 6. The molecule has 0 spiro atoms. The van der Waals surface area contributed by atoms with Crippen molar-refractivity contribution in [1.29, 1.82) is 0 Å². The SMILES string of the molecule is O=C(O)c1ccc(C(=O)OCC(O)CCOCCO)cc1. The summed E-state index contributed by atoms with van der Waals surface area (Å²) in [6, 6.07) is 5.31. The topological polar surface area (TPSA) is 113 Å². The number of ether oxygens (including phenoxy) is 2. The van der Waals surface area contributed by atoms with Crippen LogP contribution in [0.1, 0.15) is 27.1 Å². The summed E-state index contributed by atoms with van der Waals surface area (Å²) in [6.45, 7) is 0.189. The Labute approximate surface area is 121 Å². The summed E-state index contributed by atoms with van der Waals surface area (Å²) >= 11 is 0. The number of aliphatic hydroxyl groups excluding tert-OH is 2. The Hall–Kier alpha value is -1.96. The third-order valence-corrected chi connectivity index (χ3v) is 2.61. The molecule has 1 aromatic carbocycles. The van der Waals surface area contributed by atoms with Crippen molar-refractivity contribution in [3.05, 3.63) is 35.4 Å². The first-order valence-corrected chi connectivity index (χ1v) is 6.41. The average Bonchev–Trinajstić information content (AvgIpc) is 2.49. The number of aromatic carboxylic acids is 1. The Bertz CT molecular complexity index is 455. The fourth-order valence-corrected chi connectivity index (χ4v) is 1.47. The highest BCUT2D eigenvalue weighted by Crippen LogP contribution is 2.07. The first kappa shape index (κ1) is 17.1. The minimum atomic E-state index is -1.08. The van der Waals surface area contributed by atoms with Crippen LogP contribution >= 0.6 is 0 Å². The van der Waals surface area contributed by atoms with Gasteiger partial charge in [-0.3, -0.25) is 0 Å². The van der Waals surface area contributed by atoms with Crippen LogP contribution in [0.3, 0.4) is 0 Å². The largest absolute Gasteiger partial charge is 0.478 e. The zero-order valence-corrected chi connectivity index (χ0v) is 11.4. The van der Waals surface area contributed by atoms with Gasteiger partial charge in [0, 0.05) is 6.61 Å². The highest BCUT2D eigenvalue weighted by molar-refractivity contribution is 5.92. The minimum absolute atomic E-state index is 0.0765. The molecule has 7 heteroatoms. The second-order valence-corrected chi connectivity index (χ2v) is 4.26. The van der Waals surface area contributed by atoms with E-state index in [-0.39, 0.29) is 44.0 Å². The van der Waals surface area contributed by atoms with E-state index in [0.717, 1.165) is 0 Å². The summed E-state index contributed by atoms with van der Waals surface area (Å²) in [5.41, 5.74) is 0.288. The van der Waals surface area contributed by atoms with Crippen LogP contribution in [-0.2, 0) is 9.47 Å². The maximum atomic E-state index is 11.7. The number of carboxylic acids is 1. The molecule has 0 amide bonds. The van der Waals surface area contributed by atoms with Crippen molar-refractivity contribution in [2.45, 2.75) is 12.5 Å². The van der Waals surface area contributed by atoms with E-state index < -0.39 is 18.0 Å². The smallest absolute Gasteiger partial charge is 0.338 e. The molecule has 0 saturated heterocycles. The van der Waals surface area contributed by atoms with Crippen molar-refractivity contribution in [2.24, 2.45) is 0 Å². The van der Waals surface area contributed by atoms with Gasteiger partial charge in [-0.1, -0.05) is 0 Å². The molecule has 0 saturated carbocycles. The number of benzene rings is 1. The van der Waals surface area contributed by atoms with Gasteiger partial charge in [-0.15, -0.1) is 0 Å². The quantitative estimate of drug-likeness (QED) is 0.444. The van der Waals surface area contributed by atoms with Gasteiger partial charge in [0.2, 0.25) is 0 Å². The predicted molar refractivity (Wildman–Crippen MR) is 72.2 cm³/mol. The summed E-state index contributed by atoms with van der Waals surface area (Å²) in [6.07, 6.45) is -0.573. The summed E-state index contributed by atoms with van der Waals surface area (Å²) in [7, 11) is 0. The monoisotopic (exact) mass is 298 g/mol. The van der Waals surface area contributed by atoms with E-state index in [9.17, 15) is 14.7 Å². The Morgan fingerprint density at radius 2 is 1.71 bits per heavy atom. The van der Waals surface area contributed by atoms with Crippen LogP contribution in [0, 0.1) is 0 Å². The van der Waals surface area contributed by atoms with Gasteiger partial charge in [-0.25, -0.2) is 9.59 Å². The molecule has 21 heavy (non-hydrogen) atoms. The lowest BCUT2D eigenvalue weighted by atomic mass is 10.1. The number of carboxylic acid groups (broad SMARTS) is 1. The van der Waals surface area contributed by atoms with E-state index in [0.29, 0.717) is 0 Å². The van der Waals surface area contributed by atoms with E-state index >= 15 is 0 Å². The molecular weight excluding hydrogens is 280 g/mol. The fourth-order valence-electron chi connectivity index (χ4n) is 1.47. The van der Waals surface area contributed by atoms with Gasteiger partial charge in [-0.2, -0.15) is 0 Å². The van der Waals surface area contributed by atoms with Gasteiger partial charge in [0.1, 0.15) is 6.61 Å². The Kier molecular flexibility index (Phi) is 7.38. The normalized spacial score (nSPS) is 11.9. The molecule has 116 valence electrons. The molecule has 1 rings (SSSR count). The van der Waals surface area contributed by atoms with Crippen LogP contribution in [0.5, 0.6) is 0 Å². The molecular formula is C14H18O7. The molecule has 1 aromatic rings. The maximum absolute atomic E-state index is 11.7. The van der Waals surface area contributed by atoms with Crippen molar-refractivity contribution >= 4 is 11.9 Å². The third-order valence-electron chi connectivity index (χ3n) is 2.61. The second-order valence-electron chi connectivity index (χ2n) is 4.26. The molecule has 1 unspecified atom stereocenters. The highest BCUT2D eigenvalue weighted by atomic mass is 16.5. The summed E-state index contributed by atoms with van der Waals surface area (Å²) < 4.78 is 9.88. The van der Waals surface area contributed by atoms with Gasteiger partial charge in [0.25, 0.3) is 0 Å². The molecule has 0 heterocycles. The van der Waals surface area contributed by atoms with E-state index in [1.807, 2.05) is 0 Å². The van der Waals surface area contributed by atoms with Gasteiger partial charge in [0.15, 0.2) is 0 Å². The minimum Gasteiger partial charge on any atom is -0.478 e. The van der Waals surface area contributed by atoms with E-state index in [4.69, 9.17) is 19.7 Å². The van der Waals surface area contributed by atoms with Crippen molar-refractivity contribution in [3.63, 3.8) is 0 Å². The Morgan fingerprint density at radius 1 is 1.10 bits per heavy atom. The fraction of sp³-hybridized carbons (Fsp3) is 0.429. The van der Waals surface area contributed by atoms with Crippen molar-refractivity contribution < 1.29 is 34.4 Å². The highest BCUT2D eigenvalue weighted by Gasteiger charge is 2.12. The number of rotatable bonds is 9. The number of carbonyl (C=O) groups excluding carboxylic acids is 1. The van der Waals surface area contributed by atoms with E-state index in [2.05, 4.69) is 0 Å². The van der Waals surface area contributed by atoms with Crippen molar-refractivity contribution in [1.82, 2.24) is 0 Å². The van der Waals surface area contributed by atoms with Gasteiger partial charge >= 0.3 is 11.9 Å². The number of hydrogen-bond donors (Lipinski definition) is 3. The van der Waals surface area contributed by atoms with Crippen LogP contribution in [-0.4, -0.2) is 59.8 Å². The van der Waals surface area contributed by atoms with Gasteiger partial charge < -0.3 is 24.8 Å². The number of carbonyl (C=O) groups is 2. The standard InChI is InChI=1S/C14H18O7/c15-6-8-20-7-5-12(16)9-21-14(19)11-3-1-10(2-4-11)13(17)18/h1-4,12,15-16H,5-9H2,(H,17,18). The number of aliphatic hydroxyl groups is 2. The van der Waals surface area contributed by atoms with Crippen LogP contribution in [0.2, 0.25) is 0 Å². The van der Waals surface area contributed by atoms with Gasteiger partial charge in [-0.05, 0) is 30.7 Å². The average molecular weight is 298 g/mol. The molecule has 0 bridgehead atoms. The zero-order valence-electron chi connectivity index (χ0n) is 11.4. The lowest BCUT2D eigenvalue weighted by Crippen LogP contribution is -2.20. The van der Waals surface area contributed by atoms with Gasteiger partial charge in [0.05, 0.1) is 30.4 Å². The van der Waals surface area contributed by atoms with Crippen LogP contribution < -0.4 is 0 Å². The molecule has 0 aliphatic heterocycles. The summed E-state index contributed by atoms with van der Waals surface area (Å²) in [5, 5.41) is 26.8. The Balaban J connectivity index is 2.34. The molecule has 0 aliphatic carbocycles. The van der Waals surface area contributed by atoms with Crippen LogP contribution in [0.25, 0.3) is 0 Å². The second kappa shape index (κ2) is 9.06. The molecule has 1 atom stereocenters. The molecule has 0 fully saturated rings. The maximum Gasteiger partial charge on any atom is 0.338 e. The summed E-state index contributed by atoms with van der Waals surface area (Å²) in [5.74, 6) is -1.71. The van der Waals surface area contributed by atoms with Crippen molar-refractivity contribution in [2.75, 3.05) is 26.4 Å². The molecule has 0 aliphatic rings. The first-order valence-electron chi connectivity index (χ1n) is 6.41. The van der Waals surface area contributed by atoms with E-state index in [1.54, 1.807) is 0 Å². The molecule has 3 N–H and O–H groups in total.